The molecule has 0 radical (unpaired) electrons. The molecular formula is C18H25FN2O3S. The van der Waals surface area contributed by atoms with Gasteiger partial charge in [-0.15, -0.1) is 0 Å². The standard InChI is InChI=1S/C18H25FN2O3S/c1-13-6-7-15(19)16(10-13)20-17(22)14-11-21(25(2,23)24)12-18(14)8-4-3-5-9-18/h6-7,10,14H,3-5,8-9,11-12H2,1-2H3,(H,20,22)/t14-/m1/s1. The minimum absolute atomic E-state index is 0.161. The Morgan fingerprint density at radius 1 is 1.28 bits per heavy atom. The van der Waals surface area contributed by atoms with Gasteiger partial charge in [-0.25, -0.2) is 17.1 Å². The summed E-state index contributed by atoms with van der Waals surface area (Å²) in [6, 6.07) is 4.58. The van der Waals surface area contributed by atoms with Crippen molar-refractivity contribution >= 4 is 21.6 Å². The Hall–Kier alpha value is -1.47. The first-order valence-corrected chi connectivity index (χ1v) is 10.6. The first-order chi connectivity index (χ1) is 11.7. The van der Waals surface area contributed by atoms with E-state index < -0.39 is 21.8 Å². The minimum atomic E-state index is -3.35. The second-order valence-corrected chi connectivity index (χ2v) is 9.49. The second kappa shape index (κ2) is 6.68. The van der Waals surface area contributed by atoms with Gasteiger partial charge in [0.1, 0.15) is 5.82 Å². The van der Waals surface area contributed by atoms with E-state index in [0.717, 1.165) is 37.7 Å². The highest BCUT2D eigenvalue weighted by Gasteiger charge is 2.52. The van der Waals surface area contributed by atoms with Gasteiger partial charge in [0.25, 0.3) is 0 Å². The highest BCUT2D eigenvalue weighted by Crippen LogP contribution is 2.48. The molecule has 3 rings (SSSR count). The van der Waals surface area contributed by atoms with Crippen molar-refractivity contribution in [2.45, 2.75) is 39.0 Å². The van der Waals surface area contributed by atoms with E-state index in [1.54, 1.807) is 12.1 Å². The lowest BCUT2D eigenvalue weighted by molar-refractivity contribution is -0.123. The van der Waals surface area contributed by atoms with Crippen LogP contribution in [-0.2, 0) is 14.8 Å². The van der Waals surface area contributed by atoms with E-state index in [1.165, 1.54) is 16.6 Å². The molecule has 138 valence electrons. The fourth-order valence-electron chi connectivity index (χ4n) is 4.25. The summed E-state index contributed by atoms with van der Waals surface area (Å²) in [6.45, 7) is 2.40. The van der Waals surface area contributed by atoms with E-state index in [4.69, 9.17) is 0 Å². The first-order valence-electron chi connectivity index (χ1n) is 8.73. The topological polar surface area (TPSA) is 66.5 Å². The van der Waals surface area contributed by atoms with E-state index in [-0.39, 0.29) is 23.6 Å². The Kier molecular flexibility index (Phi) is 4.90. The number of benzene rings is 1. The van der Waals surface area contributed by atoms with Crippen LogP contribution in [0.1, 0.15) is 37.7 Å². The molecule has 1 saturated heterocycles. The number of nitrogens with zero attached hydrogens (tertiary/aromatic N) is 1. The van der Waals surface area contributed by atoms with Crippen LogP contribution < -0.4 is 5.32 Å². The summed E-state index contributed by atoms with van der Waals surface area (Å²) in [5.74, 6) is -1.20. The lowest BCUT2D eigenvalue weighted by atomic mass is 9.67. The molecule has 1 aliphatic heterocycles. The Labute approximate surface area is 148 Å². The smallest absolute Gasteiger partial charge is 0.229 e. The molecule has 1 saturated carbocycles. The zero-order valence-corrected chi connectivity index (χ0v) is 15.5. The number of hydrogen-bond acceptors (Lipinski definition) is 3. The van der Waals surface area contributed by atoms with Crippen molar-refractivity contribution in [2.75, 3.05) is 24.7 Å². The maximum atomic E-state index is 14.0. The zero-order valence-electron chi connectivity index (χ0n) is 14.7. The fraction of sp³-hybridized carbons (Fsp3) is 0.611. The second-order valence-electron chi connectivity index (χ2n) is 7.50. The summed E-state index contributed by atoms with van der Waals surface area (Å²) < 4.78 is 39.4. The number of hydrogen-bond donors (Lipinski definition) is 1. The average molecular weight is 368 g/mol. The number of carbonyl (C=O) groups excluding carboxylic acids is 1. The Balaban J connectivity index is 1.87. The van der Waals surface area contributed by atoms with E-state index in [1.807, 2.05) is 6.92 Å². The van der Waals surface area contributed by atoms with Gasteiger partial charge in [-0.2, -0.15) is 0 Å². The van der Waals surface area contributed by atoms with Crippen LogP contribution in [0, 0.1) is 24.1 Å². The van der Waals surface area contributed by atoms with Crippen LogP contribution in [0.15, 0.2) is 18.2 Å². The number of rotatable bonds is 3. The van der Waals surface area contributed by atoms with Crippen LogP contribution in [-0.4, -0.2) is 38.0 Å². The van der Waals surface area contributed by atoms with Crippen LogP contribution in [0.5, 0.6) is 0 Å². The van der Waals surface area contributed by atoms with Gasteiger partial charge in [-0.3, -0.25) is 4.79 Å². The van der Waals surface area contributed by atoms with Crippen molar-refractivity contribution in [1.29, 1.82) is 0 Å². The highest BCUT2D eigenvalue weighted by molar-refractivity contribution is 7.88. The molecule has 0 unspecified atom stereocenters. The lowest BCUT2D eigenvalue weighted by Gasteiger charge is -2.37. The summed E-state index contributed by atoms with van der Waals surface area (Å²) >= 11 is 0. The van der Waals surface area contributed by atoms with Crippen molar-refractivity contribution in [2.24, 2.45) is 11.3 Å². The molecular weight excluding hydrogens is 343 g/mol. The van der Waals surface area contributed by atoms with Crippen LogP contribution in [0.3, 0.4) is 0 Å². The lowest BCUT2D eigenvalue weighted by Crippen LogP contribution is -2.39. The monoisotopic (exact) mass is 368 g/mol. The third-order valence-corrected chi connectivity index (χ3v) is 6.85. The molecule has 2 aliphatic rings. The number of carbonyl (C=O) groups is 1. The molecule has 5 nitrogen and oxygen atoms in total. The summed E-state index contributed by atoms with van der Waals surface area (Å²) in [7, 11) is -3.35. The molecule has 0 aromatic heterocycles. The molecule has 1 N–H and O–H groups in total. The van der Waals surface area contributed by atoms with Crippen LogP contribution in [0.2, 0.25) is 0 Å². The van der Waals surface area contributed by atoms with E-state index in [0.29, 0.717) is 6.54 Å². The van der Waals surface area contributed by atoms with Crippen LogP contribution in [0.25, 0.3) is 0 Å². The van der Waals surface area contributed by atoms with Crippen molar-refractivity contribution in [3.63, 3.8) is 0 Å². The summed E-state index contributed by atoms with van der Waals surface area (Å²) in [5, 5.41) is 2.70. The van der Waals surface area contributed by atoms with Gasteiger partial charge in [0.05, 0.1) is 17.9 Å². The van der Waals surface area contributed by atoms with Gasteiger partial charge >= 0.3 is 0 Å². The third kappa shape index (κ3) is 3.72. The zero-order chi connectivity index (χ0) is 18.2. The molecule has 1 amide bonds. The van der Waals surface area contributed by atoms with Gasteiger partial charge < -0.3 is 5.32 Å². The van der Waals surface area contributed by atoms with Gasteiger partial charge in [-0.05, 0) is 42.9 Å². The first kappa shape index (κ1) is 18.3. The number of amides is 1. The Morgan fingerprint density at radius 2 is 1.96 bits per heavy atom. The predicted octanol–water partition coefficient (Wildman–Crippen LogP) is 2.91. The number of nitrogens with one attached hydrogen (secondary N) is 1. The van der Waals surface area contributed by atoms with E-state index >= 15 is 0 Å². The summed E-state index contributed by atoms with van der Waals surface area (Å²) in [6.07, 6.45) is 5.98. The summed E-state index contributed by atoms with van der Waals surface area (Å²) in [5.41, 5.74) is 0.688. The van der Waals surface area contributed by atoms with Crippen molar-refractivity contribution in [1.82, 2.24) is 4.31 Å². The molecule has 2 fully saturated rings. The van der Waals surface area contributed by atoms with Crippen molar-refractivity contribution in [3.05, 3.63) is 29.6 Å². The largest absolute Gasteiger partial charge is 0.323 e. The maximum absolute atomic E-state index is 14.0. The number of anilines is 1. The third-order valence-electron chi connectivity index (χ3n) is 5.63. The van der Waals surface area contributed by atoms with E-state index in [9.17, 15) is 17.6 Å². The van der Waals surface area contributed by atoms with Gasteiger partial charge in [0.2, 0.25) is 15.9 Å². The SMILES string of the molecule is Cc1ccc(F)c(NC(=O)[C@H]2CN(S(C)(=O)=O)CC23CCCCC3)c1. The van der Waals surface area contributed by atoms with Crippen LogP contribution >= 0.6 is 0 Å². The van der Waals surface area contributed by atoms with Crippen molar-refractivity contribution in [3.8, 4) is 0 Å². The molecule has 1 atom stereocenters. The summed E-state index contributed by atoms with van der Waals surface area (Å²) in [4.78, 5) is 12.9. The molecule has 1 aromatic rings. The number of sulfonamides is 1. The quantitative estimate of drug-likeness (QED) is 0.892. The molecule has 1 spiro atoms. The normalized spacial score (nSPS) is 23.7. The fourth-order valence-corrected chi connectivity index (χ4v) is 5.17. The van der Waals surface area contributed by atoms with E-state index in [2.05, 4.69) is 5.32 Å². The maximum Gasteiger partial charge on any atom is 0.229 e. The number of aryl methyl sites for hydroxylation is 1. The highest BCUT2D eigenvalue weighted by atomic mass is 32.2. The molecule has 7 heteroatoms. The Morgan fingerprint density at radius 3 is 2.60 bits per heavy atom. The molecule has 1 aromatic carbocycles. The van der Waals surface area contributed by atoms with Crippen LogP contribution in [0.4, 0.5) is 10.1 Å². The molecule has 0 bridgehead atoms. The molecule has 1 heterocycles. The molecule has 25 heavy (non-hydrogen) atoms. The predicted molar refractivity (Wildman–Crippen MR) is 95.2 cm³/mol. The Bertz CT molecular complexity index is 773. The average Bonchev–Trinajstić information content (AvgIpc) is 2.91. The van der Waals surface area contributed by atoms with Gasteiger partial charge in [-0.1, -0.05) is 25.3 Å². The van der Waals surface area contributed by atoms with Gasteiger partial charge in [0.15, 0.2) is 0 Å². The number of halogens is 1. The van der Waals surface area contributed by atoms with Gasteiger partial charge in [0, 0.05) is 13.1 Å². The minimum Gasteiger partial charge on any atom is -0.323 e. The van der Waals surface area contributed by atoms with Crippen molar-refractivity contribution < 1.29 is 17.6 Å². The molecule has 1 aliphatic carbocycles.